The van der Waals surface area contributed by atoms with E-state index in [0.29, 0.717) is 6.54 Å². The Bertz CT molecular complexity index is 503. The van der Waals surface area contributed by atoms with Crippen LogP contribution in [0.4, 0.5) is 5.69 Å². The smallest absolute Gasteiger partial charge is 0.269 e. The summed E-state index contributed by atoms with van der Waals surface area (Å²) in [5.74, 6) is 0.762. The van der Waals surface area contributed by atoms with E-state index < -0.39 is 4.92 Å². The highest BCUT2D eigenvalue weighted by Gasteiger charge is 2.04. The van der Waals surface area contributed by atoms with Crippen LogP contribution in [0.25, 0.3) is 0 Å². The number of nitrogens with one attached hydrogen (secondary N) is 2. The number of unbranched alkanes of at least 4 members (excludes halogenated alkanes) is 1. The van der Waals surface area contributed by atoms with E-state index in [9.17, 15) is 10.1 Å². The lowest BCUT2D eigenvalue weighted by Crippen LogP contribution is -2.38. The second-order valence-electron chi connectivity index (χ2n) is 5.35. The van der Waals surface area contributed by atoms with E-state index in [1.165, 1.54) is 12.1 Å². The SMILES string of the molecule is CCCCNC(=NCc1ccc([N+](=O)[O-])cc1)NCCCOCC. The average Bonchev–Trinajstić information content (AvgIpc) is 2.59. The molecule has 0 saturated heterocycles. The third kappa shape index (κ3) is 8.47. The Morgan fingerprint density at radius 2 is 1.83 bits per heavy atom. The van der Waals surface area contributed by atoms with Crippen LogP contribution >= 0.6 is 0 Å². The summed E-state index contributed by atoms with van der Waals surface area (Å²) >= 11 is 0. The van der Waals surface area contributed by atoms with Gasteiger partial charge in [0.1, 0.15) is 0 Å². The van der Waals surface area contributed by atoms with Gasteiger partial charge in [0.2, 0.25) is 0 Å². The van der Waals surface area contributed by atoms with Gasteiger partial charge in [0.25, 0.3) is 5.69 Å². The molecule has 0 atom stereocenters. The standard InChI is InChI=1S/C17H28N4O3/c1-3-5-11-18-17(19-12-6-13-24-4-2)20-14-15-7-9-16(10-8-15)21(22)23/h7-10H,3-6,11-14H2,1-2H3,(H2,18,19,20). The van der Waals surface area contributed by atoms with Crippen LogP contribution in [0.5, 0.6) is 0 Å². The number of rotatable bonds is 11. The molecule has 1 aromatic carbocycles. The predicted molar refractivity (Wildman–Crippen MR) is 96.3 cm³/mol. The van der Waals surface area contributed by atoms with Crippen molar-refractivity contribution >= 4 is 11.6 Å². The molecule has 24 heavy (non-hydrogen) atoms. The molecule has 0 aliphatic heterocycles. The molecule has 0 unspecified atom stereocenters. The average molecular weight is 336 g/mol. The lowest BCUT2D eigenvalue weighted by atomic mass is 10.2. The van der Waals surface area contributed by atoms with Gasteiger partial charge in [-0.15, -0.1) is 0 Å². The molecule has 134 valence electrons. The van der Waals surface area contributed by atoms with E-state index in [2.05, 4.69) is 22.5 Å². The quantitative estimate of drug-likeness (QED) is 0.213. The van der Waals surface area contributed by atoms with Crippen molar-refractivity contribution in [3.8, 4) is 0 Å². The Kier molecular flexibility index (Phi) is 10.2. The summed E-state index contributed by atoms with van der Waals surface area (Å²) in [6.45, 7) is 7.73. The second-order valence-corrected chi connectivity index (χ2v) is 5.35. The van der Waals surface area contributed by atoms with Gasteiger partial charge in [-0.25, -0.2) is 4.99 Å². The van der Waals surface area contributed by atoms with Crippen molar-refractivity contribution in [2.45, 2.75) is 39.7 Å². The molecule has 2 N–H and O–H groups in total. The minimum atomic E-state index is -0.398. The van der Waals surface area contributed by atoms with E-state index in [0.717, 1.165) is 57.1 Å². The molecule has 0 aliphatic rings. The van der Waals surface area contributed by atoms with Crippen LogP contribution in [0, 0.1) is 10.1 Å². The number of guanidine groups is 1. The fraction of sp³-hybridized carbons (Fsp3) is 0.588. The second kappa shape index (κ2) is 12.3. The van der Waals surface area contributed by atoms with Crippen LogP contribution in [0.3, 0.4) is 0 Å². The molecular weight excluding hydrogens is 308 g/mol. The molecule has 7 nitrogen and oxygen atoms in total. The van der Waals surface area contributed by atoms with Crippen molar-refractivity contribution in [2.75, 3.05) is 26.3 Å². The summed E-state index contributed by atoms with van der Waals surface area (Å²) in [7, 11) is 0. The number of hydrogen-bond donors (Lipinski definition) is 2. The first-order valence-corrected chi connectivity index (χ1v) is 8.50. The highest BCUT2D eigenvalue weighted by atomic mass is 16.6. The molecule has 0 fully saturated rings. The molecule has 0 aromatic heterocycles. The Hall–Kier alpha value is -2.15. The fourth-order valence-electron chi connectivity index (χ4n) is 1.98. The number of benzene rings is 1. The number of hydrogen-bond acceptors (Lipinski definition) is 4. The van der Waals surface area contributed by atoms with Crippen molar-refractivity contribution in [1.82, 2.24) is 10.6 Å². The lowest BCUT2D eigenvalue weighted by molar-refractivity contribution is -0.384. The molecule has 0 spiro atoms. The van der Waals surface area contributed by atoms with Gasteiger partial charge in [-0.2, -0.15) is 0 Å². The van der Waals surface area contributed by atoms with Crippen LogP contribution in [-0.4, -0.2) is 37.2 Å². The third-order valence-electron chi connectivity index (χ3n) is 3.35. The van der Waals surface area contributed by atoms with E-state index in [1.54, 1.807) is 12.1 Å². The normalized spacial score (nSPS) is 11.3. The zero-order valence-corrected chi connectivity index (χ0v) is 14.6. The Labute approximate surface area is 143 Å². The molecular formula is C17H28N4O3. The maximum atomic E-state index is 10.7. The first kappa shape index (κ1) is 19.9. The van der Waals surface area contributed by atoms with Crippen LogP contribution in [0.1, 0.15) is 38.7 Å². The monoisotopic (exact) mass is 336 g/mol. The van der Waals surface area contributed by atoms with Gasteiger partial charge in [0.05, 0.1) is 11.5 Å². The molecule has 1 rings (SSSR count). The molecule has 0 amide bonds. The maximum Gasteiger partial charge on any atom is 0.269 e. The minimum Gasteiger partial charge on any atom is -0.382 e. The molecule has 0 heterocycles. The summed E-state index contributed by atoms with van der Waals surface area (Å²) < 4.78 is 5.32. The largest absolute Gasteiger partial charge is 0.382 e. The molecule has 0 saturated carbocycles. The molecule has 0 radical (unpaired) electrons. The van der Waals surface area contributed by atoms with E-state index >= 15 is 0 Å². The topological polar surface area (TPSA) is 88.8 Å². The van der Waals surface area contributed by atoms with Gasteiger partial charge >= 0.3 is 0 Å². The Balaban J connectivity index is 2.52. The fourth-order valence-corrected chi connectivity index (χ4v) is 1.98. The number of aliphatic imine (C=N–C) groups is 1. The van der Waals surface area contributed by atoms with E-state index in [-0.39, 0.29) is 5.69 Å². The number of nitro benzene ring substituents is 1. The summed E-state index contributed by atoms with van der Waals surface area (Å²) in [4.78, 5) is 14.8. The zero-order chi connectivity index (χ0) is 17.6. The minimum absolute atomic E-state index is 0.0954. The van der Waals surface area contributed by atoms with Crippen molar-refractivity contribution in [3.05, 3.63) is 39.9 Å². The summed E-state index contributed by atoms with van der Waals surface area (Å²) in [5.41, 5.74) is 1.03. The maximum absolute atomic E-state index is 10.7. The van der Waals surface area contributed by atoms with Crippen LogP contribution in [0.15, 0.2) is 29.3 Å². The number of nitro groups is 1. The predicted octanol–water partition coefficient (Wildman–Crippen LogP) is 2.86. The van der Waals surface area contributed by atoms with E-state index in [4.69, 9.17) is 4.74 Å². The Morgan fingerprint density at radius 1 is 1.17 bits per heavy atom. The highest BCUT2D eigenvalue weighted by molar-refractivity contribution is 5.79. The number of ether oxygens (including phenoxy) is 1. The summed E-state index contributed by atoms with van der Waals surface area (Å²) in [6.07, 6.45) is 3.12. The lowest BCUT2D eigenvalue weighted by Gasteiger charge is -2.12. The molecule has 0 aliphatic carbocycles. The van der Waals surface area contributed by atoms with Gasteiger partial charge in [-0.1, -0.05) is 25.5 Å². The number of nitrogens with zero attached hydrogens (tertiary/aromatic N) is 2. The van der Waals surface area contributed by atoms with Crippen LogP contribution in [0.2, 0.25) is 0 Å². The van der Waals surface area contributed by atoms with Crippen molar-refractivity contribution < 1.29 is 9.66 Å². The highest BCUT2D eigenvalue weighted by Crippen LogP contribution is 2.12. The Morgan fingerprint density at radius 3 is 2.42 bits per heavy atom. The molecule has 0 bridgehead atoms. The summed E-state index contributed by atoms with van der Waals surface area (Å²) in [5, 5.41) is 17.3. The van der Waals surface area contributed by atoms with Gasteiger partial charge in [-0.05, 0) is 25.3 Å². The van der Waals surface area contributed by atoms with Crippen molar-refractivity contribution in [1.29, 1.82) is 0 Å². The van der Waals surface area contributed by atoms with Gasteiger partial charge in [0.15, 0.2) is 5.96 Å². The van der Waals surface area contributed by atoms with Gasteiger partial charge in [0, 0.05) is 38.4 Å². The van der Waals surface area contributed by atoms with Crippen molar-refractivity contribution in [2.24, 2.45) is 4.99 Å². The third-order valence-corrected chi connectivity index (χ3v) is 3.35. The molecule has 1 aromatic rings. The van der Waals surface area contributed by atoms with Crippen molar-refractivity contribution in [3.63, 3.8) is 0 Å². The van der Waals surface area contributed by atoms with Crippen LogP contribution < -0.4 is 10.6 Å². The van der Waals surface area contributed by atoms with E-state index in [1.807, 2.05) is 6.92 Å². The first-order chi connectivity index (χ1) is 11.7. The van der Waals surface area contributed by atoms with Crippen LogP contribution in [-0.2, 0) is 11.3 Å². The first-order valence-electron chi connectivity index (χ1n) is 8.50. The van der Waals surface area contributed by atoms with Gasteiger partial charge < -0.3 is 15.4 Å². The zero-order valence-electron chi connectivity index (χ0n) is 14.6. The molecule has 7 heteroatoms. The van der Waals surface area contributed by atoms with Gasteiger partial charge in [-0.3, -0.25) is 10.1 Å². The summed E-state index contributed by atoms with van der Waals surface area (Å²) in [6, 6.07) is 6.48. The number of non-ortho nitro benzene ring substituents is 1.